The van der Waals surface area contributed by atoms with Gasteiger partial charge in [-0.1, -0.05) is 41.9 Å². The Morgan fingerprint density at radius 1 is 0.949 bits per heavy atom. The van der Waals surface area contributed by atoms with Gasteiger partial charge in [-0.05, 0) is 80.3 Å². The molecule has 1 atom stereocenters. The van der Waals surface area contributed by atoms with Crippen LogP contribution in [0.2, 0.25) is 5.02 Å². The molecule has 5 aromatic rings. The first-order chi connectivity index (χ1) is 18.7. The summed E-state index contributed by atoms with van der Waals surface area (Å²) in [4.78, 5) is 9.38. The number of pyridine rings is 1. The number of hydrogen-bond acceptors (Lipinski definition) is 6. The minimum absolute atomic E-state index is 0.132. The summed E-state index contributed by atoms with van der Waals surface area (Å²) in [5.41, 5.74) is 7.50. The number of halogens is 1. The number of benzene rings is 3. The van der Waals surface area contributed by atoms with Crippen molar-refractivity contribution in [3.8, 4) is 38.6 Å². The summed E-state index contributed by atoms with van der Waals surface area (Å²) < 4.78 is 12.8. The second-order valence-electron chi connectivity index (χ2n) is 10.5. The Labute approximate surface area is 238 Å². The third-order valence-corrected chi connectivity index (χ3v) is 7.83. The summed E-state index contributed by atoms with van der Waals surface area (Å²) in [6.07, 6.45) is 3.04. The Morgan fingerprint density at radius 2 is 1.69 bits per heavy atom. The van der Waals surface area contributed by atoms with Gasteiger partial charge in [0.05, 0.1) is 35.7 Å². The van der Waals surface area contributed by atoms with E-state index in [4.69, 9.17) is 26.1 Å². The Morgan fingerprint density at radius 3 is 2.38 bits per heavy atom. The monoisotopic (exact) mass is 558 g/mol. The molecule has 5 rings (SSSR count). The maximum Gasteiger partial charge on any atom is 0.137 e. The zero-order valence-electron chi connectivity index (χ0n) is 22.7. The lowest BCUT2D eigenvalue weighted by molar-refractivity contribution is -0.0821. The van der Waals surface area contributed by atoms with Crippen LogP contribution in [-0.2, 0) is 4.74 Å². The summed E-state index contributed by atoms with van der Waals surface area (Å²) in [5, 5.41) is 12.0. The molecule has 0 saturated carbocycles. The molecule has 0 aliphatic rings. The van der Waals surface area contributed by atoms with E-state index in [0.717, 1.165) is 54.2 Å². The van der Waals surface area contributed by atoms with Gasteiger partial charge < -0.3 is 14.6 Å². The van der Waals surface area contributed by atoms with Crippen molar-refractivity contribution in [2.75, 3.05) is 13.7 Å². The summed E-state index contributed by atoms with van der Waals surface area (Å²) >= 11 is 7.88. The molecule has 0 bridgehead atoms. The van der Waals surface area contributed by atoms with Crippen LogP contribution in [0.5, 0.6) is 5.75 Å². The van der Waals surface area contributed by atoms with Gasteiger partial charge in [0.15, 0.2) is 0 Å². The summed E-state index contributed by atoms with van der Waals surface area (Å²) in [7, 11) is 1.64. The van der Waals surface area contributed by atoms with Crippen molar-refractivity contribution in [1.29, 1.82) is 0 Å². The van der Waals surface area contributed by atoms with Gasteiger partial charge in [0, 0.05) is 27.9 Å². The highest BCUT2D eigenvalue weighted by Gasteiger charge is 2.27. The Balaban J connectivity index is 1.69. The minimum atomic E-state index is -0.491. The van der Waals surface area contributed by atoms with Crippen LogP contribution >= 0.6 is 22.9 Å². The molecule has 0 radical (unpaired) electrons. The van der Waals surface area contributed by atoms with Gasteiger partial charge >= 0.3 is 0 Å². The van der Waals surface area contributed by atoms with Gasteiger partial charge in [-0.3, -0.25) is 4.98 Å². The van der Waals surface area contributed by atoms with Crippen molar-refractivity contribution >= 4 is 33.2 Å². The zero-order chi connectivity index (χ0) is 27.7. The van der Waals surface area contributed by atoms with Crippen LogP contribution in [0.25, 0.3) is 43.0 Å². The number of aryl methyl sites for hydroxylation is 1. The molecule has 0 saturated heterocycles. The summed E-state index contributed by atoms with van der Waals surface area (Å²) in [5.74, 6) is 0.712. The molecule has 39 heavy (non-hydrogen) atoms. The fraction of sp³-hybridized carbons (Fsp3) is 0.250. The van der Waals surface area contributed by atoms with Crippen LogP contribution in [0, 0.1) is 6.92 Å². The van der Waals surface area contributed by atoms with E-state index in [9.17, 15) is 5.11 Å². The third-order valence-electron chi connectivity index (χ3n) is 6.44. The number of ether oxygens (including phenoxy) is 2. The first-order valence-electron chi connectivity index (χ1n) is 12.8. The van der Waals surface area contributed by atoms with Gasteiger partial charge in [0.25, 0.3) is 0 Å². The normalized spacial score (nSPS) is 12.6. The molecular formula is C32H31ClN2O3S. The highest BCUT2D eigenvalue weighted by molar-refractivity contribution is 7.22. The number of fused-ring (bicyclic) bond motifs is 1. The third kappa shape index (κ3) is 5.85. The van der Waals surface area contributed by atoms with Crippen molar-refractivity contribution in [2.24, 2.45) is 0 Å². The average Bonchev–Trinajstić information content (AvgIpc) is 3.35. The van der Waals surface area contributed by atoms with Crippen LogP contribution in [0.15, 0.2) is 73.1 Å². The van der Waals surface area contributed by atoms with E-state index in [1.165, 1.54) is 0 Å². The lowest BCUT2D eigenvalue weighted by Gasteiger charge is -2.29. The van der Waals surface area contributed by atoms with Crippen molar-refractivity contribution in [3.63, 3.8) is 0 Å². The lowest BCUT2D eigenvalue weighted by atomic mass is 9.91. The molecule has 2 heterocycles. The van der Waals surface area contributed by atoms with Gasteiger partial charge in [0.2, 0.25) is 0 Å². The topological polar surface area (TPSA) is 64.5 Å². The zero-order valence-corrected chi connectivity index (χ0v) is 24.2. The molecule has 0 amide bonds. The molecule has 2 aromatic heterocycles. The van der Waals surface area contributed by atoms with Crippen molar-refractivity contribution in [3.05, 3.63) is 89.2 Å². The molecule has 200 valence electrons. The standard InChI is InChI=1S/C32H31ClN2O3S/c1-19-13-26-30(29(20-9-11-24(33)12-10-20)28(19)27(18-36)38-32(2,3)4)39-31(35-26)22-8-6-7-21(14-22)23-15-25(37-5)17-34-16-23/h6-17,27,36H,18H2,1-5H3/t27-/m1/s1. The Bertz CT molecular complexity index is 1620. The van der Waals surface area contributed by atoms with Gasteiger partial charge in [-0.2, -0.15) is 0 Å². The highest BCUT2D eigenvalue weighted by Crippen LogP contribution is 2.44. The Kier molecular flexibility index (Phi) is 7.74. The van der Waals surface area contributed by atoms with Crippen LogP contribution in [0.3, 0.4) is 0 Å². The van der Waals surface area contributed by atoms with E-state index in [2.05, 4.69) is 36.2 Å². The maximum absolute atomic E-state index is 10.4. The first kappa shape index (κ1) is 27.3. The van der Waals surface area contributed by atoms with Crippen molar-refractivity contribution in [2.45, 2.75) is 39.4 Å². The lowest BCUT2D eigenvalue weighted by Crippen LogP contribution is -2.25. The van der Waals surface area contributed by atoms with Crippen LogP contribution < -0.4 is 4.74 Å². The van der Waals surface area contributed by atoms with Gasteiger partial charge in [-0.25, -0.2) is 4.98 Å². The Hall–Kier alpha value is -3.29. The fourth-order valence-electron chi connectivity index (χ4n) is 4.79. The van der Waals surface area contributed by atoms with E-state index in [1.54, 1.807) is 24.6 Å². The molecular weight excluding hydrogens is 528 g/mol. The van der Waals surface area contributed by atoms with E-state index in [0.29, 0.717) is 10.8 Å². The maximum atomic E-state index is 10.4. The number of nitrogens with zero attached hydrogens (tertiary/aromatic N) is 2. The number of hydrogen-bond donors (Lipinski definition) is 1. The van der Waals surface area contributed by atoms with E-state index < -0.39 is 11.7 Å². The number of thiazole rings is 1. The number of aromatic nitrogens is 2. The second-order valence-corrected chi connectivity index (χ2v) is 11.9. The second kappa shape index (κ2) is 11.1. The quantitative estimate of drug-likeness (QED) is 0.217. The average molecular weight is 559 g/mol. The van der Waals surface area contributed by atoms with Crippen molar-refractivity contribution < 1.29 is 14.6 Å². The van der Waals surface area contributed by atoms with Crippen LogP contribution in [-0.4, -0.2) is 34.4 Å². The van der Waals surface area contributed by atoms with Crippen molar-refractivity contribution in [1.82, 2.24) is 9.97 Å². The SMILES string of the molecule is COc1cncc(-c2cccc(-c3nc4cc(C)c([C@@H](CO)OC(C)(C)C)c(-c5ccc(Cl)cc5)c4s3)c2)c1. The van der Waals surface area contributed by atoms with E-state index in [1.807, 2.05) is 63.4 Å². The van der Waals surface area contributed by atoms with Gasteiger partial charge in [0.1, 0.15) is 16.9 Å². The predicted octanol–water partition coefficient (Wildman–Crippen LogP) is 8.51. The number of aliphatic hydroxyl groups is 1. The molecule has 7 heteroatoms. The molecule has 0 aliphatic carbocycles. The van der Waals surface area contributed by atoms with E-state index >= 15 is 0 Å². The number of methoxy groups -OCH3 is 1. The smallest absolute Gasteiger partial charge is 0.137 e. The summed E-state index contributed by atoms with van der Waals surface area (Å²) in [6.45, 7) is 7.92. The molecule has 0 spiro atoms. The molecule has 3 aromatic carbocycles. The molecule has 0 unspecified atom stereocenters. The molecule has 1 N–H and O–H groups in total. The van der Waals surface area contributed by atoms with Crippen LogP contribution in [0.4, 0.5) is 0 Å². The highest BCUT2D eigenvalue weighted by atomic mass is 35.5. The first-order valence-corrected chi connectivity index (χ1v) is 13.9. The van der Waals surface area contributed by atoms with Gasteiger partial charge in [-0.15, -0.1) is 11.3 Å². The molecule has 0 fully saturated rings. The largest absolute Gasteiger partial charge is 0.495 e. The minimum Gasteiger partial charge on any atom is -0.495 e. The summed E-state index contributed by atoms with van der Waals surface area (Å²) in [6, 6.07) is 20.2. The number of rotatable bonds is 7. The van der Waals surface area contributed by atoms with E-state index in [-0.39, 0.29) is 6.61 Å². The fourth-order valence-corrected chi connectivity index (χ4v) is 6.03. The number of aliphatic hydroxyl groups excluding tert-OH is 1. The predicted molar refractivity (Wildman–Crippen MR) is 161 cm³/mol. The molecule has 0 aliphatic heterocycles. The van der Waals surface area contributed by atoms with Crippen LogP contribution in [0.1, 0.15) is 38.0 Å². The molecule has 5 nitrogen and oxygen atoms in total.